The maximum Gasteiger partial charge on any atom is 0.410 e. The topological polar surface area (TPSA) is 49.9 Å². The van der Waals surface area contributed by atoms with Gasteiger partial charge in [0.15, 0.2) is 0 Å². The molecule has 0 saturated carbocycles. The fourth-order valence-electron chi connectivity index (χ4n) is 4.56. The van der Waals surface area contributed by atoms with Gasteiger partial charge in [0, 0.05) is 28.8 Å². The molecule has 4 rings (SSSR count). The standard InChI is InChI=1S/C24H26Cl2N2O3/c1-23(2,3)31-22(30)27-13-11-24(12-14-27)20(16-7-9-17(25)10-8-16)28(21(24)29)19-6-4-5-18(26)15-19/h4-10,15,20H,11-14H2,1-3H3. The highest BCUT2D eigenvalue weighted by atomic mass is 35.5. The van der Waals surface area contributed by atoms with Gasteiger partial charge >= 0.3 is 6.09 Å². The molecule has 2 saturated heterocycles. The summed E-state index contributed by atoms with van der Waals surface area (Å²) >= 11 is 12.3. The van der Waals surface area contributed by atoms with E-state index >= 15 is 0 Å². The van der Waals surface area contributed by atoms with Gasteiger partial charge in [0.2, 0.25) is 5.91 Å². The summed E-state index contributed by atoms with van der Waals surface area (Å²) in [5.74, 6) is 0.0681. The normalized spacial score (nSPS) is 20.5. The Bertz CT molecular complexity index is 993. The zero-order valence-corrected chi connectivity index (χ0v) is 19.4. The Labute approximate surface area is 192 Å². The highest BCUT2D eigenvalue weighted by Crippen LogP contribution is 2.57. The molecule has 2 aromatic rings. The third kappa shape index (κ3) is 4.13. The lowest BCUT2D eigenvalue weighted by Gasteiger charge is -2.58. The number of carbonyl (C=O) groups excluding carboxylic acids is 2. The Morgan fingerprint density at radius 2 is 1.68 bits per heavy atom. The van der Waals surface area contributed by atoms with Crippen molar-refractivity contribution in [2.75, 3.05) is 18.0 Å². The van der Waals surface area contributed by atoms with Crippen molar-refractivity contribution in [3.05, 3.63) is 64.1 Å². The van der Waals surface area contributed by atoms with Gasteiger partial charge in [-0.15, -0.1) is 0 Å². The number of likely N-dealkylation sites (tertiary alicyclic amines) is 1. The number of amides is 2. The second-order valence-electron chi connectivity index (χ2n) is 9.23. The van der Waals surface area contributed by atoms with Crippen LogP contribution in [-0.2, 0) is 9.53 Å². The maximum atomic E-state index is 13.5. The molecule has 1 spiro atoms. The SMILES string of the molecule is CC(C)(C)OC(=O)N1CCC2(CC1)C(=O)N(c1cccc(Cl)c1)C2c1ccc(Cl)cc1. The average Bonchev–Trinajstić information content (AvgIpc) is 2.71. The molecule has 0 bridgehead atoms. The van der Waals surface area contributed by atoms with Crippen LogP contribution in [0.15, 0.2) is 48.5 Å². The van der Waals surface area contributed by atoms with Crippen molar-refractivity contribution in [1.82, 2.24) is 4.90 Å². The summed E-state index contributed by atoms with van der Waals surface area (Å²) in [5.41, 5.74) is 0.690. The van der Waals surface area contributed by atoms with Gasteiger partial charge in [-0.2, -0.15) is 0 Å². The molecular weight excluding hydrogens is 435 g/mol. The van der Waals surface area contributed by atoms with Crippen molar-refractivity contribution in [2.45, 2.75) is 45.3 Å². The van der Waals surface area contributed by atoms with E-state index in [0.717, 1.165) is 11.3 Å². The number of hydrogen-bond donors (Lipinski definition) is 0. The van der Waals surface area contributed by atoms with Gasteiger partial charge in [0.25, 0.3) is 0 Å². The number of piperidine rings is 1. The third-order valence-electron chi connectivity index (χ3n) is 6.01. The van der Waals surface area contributed by atoms with E-state index < -0.39 is 11.0 Å². The Morgan fingerprint density at radius 3 is 2.26 bits per heavy atom. The Morgan fingerprint density at radius 1 is 1.03 bits per heavy atom. The van der Waals surface area contributed by atoms with Gasteiger partial charge in [-0.05, 0) is 69.5 Å². The van der Waals surface area contributed by atoms with E-state index in [-0.39, 0.29) is 18.0 Å². The molecule has 1 atom stereocenters. The minimum atomic E-state index is -0.561. The van der Waals surface area contributed by atoms with Crippen LogP contribution >= 0.6 is 23.2 Å². The molecule has 1 unspecified atom stereocenters. The van der Waals surface area contributed by atoms with Gasteiger partial charge in [-0.1, -0.05) is 41.4 Å². The van der Waals surface area contributed by atoms with Crippen LogP contribution in [0.2, 0.25) is 10.0 Å². The van der Waals surface area contributed by atoms with Crippen molar-refractivity contribution in [3.8, 4) is 0 Å². The molecule has 31 heavy (non-hydrogen) atoms. The molecule has 2 amide bonds. The second-order valence-corrected chi connectivity index (χ2v) is 10.1. The van der Waals surface area contributed by atoms with Crippen LogP contribution in [0.3, 0.4) is 0 Å². The zero-order valence-electron chi connectivity index (χ0n) is 17.9. The lowest BCUT2D eigenvalue weighted by atomic mass is 9.62. The van der Waals surface area contributed by atoms with Crippen molar-refractivity contribution in [1.29, 1.82) is 0 Å². The molecule has 164 valence electrons. The lowest BCUT2D eigenvalue weighted by molar-refractivity contribution is -0.144. The Kier molecular flexibility index (Phi) is 5.69. The summed E-state index contributed by atoms with van der Waals surface area (Å²) in [6.45, 7) is 6.52. The van der Waals surface area contributed by atoms with E-state index in [1.165, 1.54) is 0 Å². The fourth-order valence-corrected chi connectivity index (χ4v) is 4.87. The molecular formula is C24H26Cl2N2O3. The van der Waals surface area contributed by atoms with E-state index in [1.807, 2.05) is 68.1 Å². The summed E-state index contributed by atoms with van der Waals surface area (Å²) in [7, 11) is 0. The molecule has 5 nitrogen and oxygen atoms in total. The monoisotopic (exact) mass is 460 g/mol. The Hall–Kier alpha value is -2.24. The third-order valence-corrected chi connectivity index (χ3v) is 6.49. The van der Waals surface area contributed by atoms with Crippen molar-refractivity contribution in [3.63, 3.8) is 0 Å². The van der Waals surface area contributed by atoms with Crippen molar-refractivity contribution >= 4 is 40.9 Å². The quantitative estimate of drug-likeness (QED) is 0.508. The van der Waals surface area contributed by atoms with Crippen LogP contribution in [0, 0.1) is 5.41 Å². The van der Waals surface area contributed by atoms with Crippen LogP contribution < -0.4 is 4.90 Å². The van der Waals surface area contributed by atoms with E-state index in [9.17, 15) is 9.59 Å². The molecule has 0 N–H and O–H groups in total. The summed E-state index contributed by atoms with van der Waals surface area (Å²) in [6.07, 6.45) is 0.828. The van der Waals surface area contributed by atoms with Crippen LogP contribution in [-0.4, -0.2) is 35.6 Å². The summed E-state index contributed by atoms with van der Waals surface area (Å²) in [6, 6.07) is 14.8. The smallest absolute Gasteiger partial charge is 0.410 e. The Balaban J connectivity index is 1.62. The van der Waals surface area contributed by atoms with E-state index in [1.54, 1.807) is 11.0 Å². The number of nitrogens with zero attached hydrogens (tertiary/aromatic N) is 2. The number of hydrogen-bond acceptors (Lipinski definition) is 3. The largest absolute Gasteiger partial charge is 0.444 e. The van der Waals surface area contributed by atoms with Gasteiger partial charge in [-0.3, -0.25) is 4.79 Å². The highest BCUT2D eigenvalue weighted by molar-refractivity contribution is 6.31. The minimum absolute atomic E-state index is 0.0681. The first-order chi connectivity index (χ1) is 14.6. The van der Waals surface area contributed by atoms with Gasteiger partial charge in [0.1, 0.15) is 5.60 Å². The van der Waals surface area contributed by atoms with Crippen LogP contribution in [0.1, 0.15) is 45.2 Å². The minimum Gasteiger partial charge on any atom is -0.444 e. The first kappa shape index (κ1) is 22.0. The first-order valence-corrected chi connectivity index (χ1v) is 11.2. The number of ether oxygens (including phenoxy) is 1. The number of benzene rings is 2. The molecule has 2 heterocycles. The van der Waals surface area contributed by atoms with E-state index in [2.05, 4.69) is 0 Å². The molecule has 2 aliphatic heterocycles. The van der Waals surface area contributed by atoms with Crippen molar-refractivity contribution in [2.24, 2.45) is 5.41 Å². The number of β-lactam (4-membered cyclic amide) rings is 1. The number of rotatable bonds is 2. The number of halogens is 2. The lowest BCUT2D eigenvalue weighted by Crippen LogP contribution is -2.67. The number of anilines is 1. The summed E-state index contributed by atoms with van der Waals surface area (Å²) < 4.78 is 5.51. The second kappa shape index (κ2) is 8.03. The molecule has 2 aromatic carbocycles. The van der Waals surface area contributed by atoms with Gasteiger partial charge < -0.3 is 14.5 Å². The molecule has 2 aliphatic rings. The predicted molar refractivity (Wildman–Crippen MR) is 123 cm³/mol. The molecule has 7 heteroatoms. The first-order valence-electron chi connectivity index (χ1n) is 10.4. The summed E-state index contributed by atoms with van der Waals surface area (Å²) in [5, 5.41) is 1.23. The van der Waals surface area contributed by atoms with Gasteiger partial charge in [-0.25, -0.2) is 4.79 Å². The molecule has 0 aliphatic carbocycles. The highest BCUT2D eigenvalue weighted by Gasteiger charge is 2.62. The van der Waals surface area contributed by atoms with Crippen LogP contribution in [0.5, 0.6) is 0 Å². The van der Waals surface area contributed by atoms with Crippen LogP contribution in [0.4, 0.5) is 10.5 Å². The summed E-state index contributed by atoms with van der Waals surface area (Å²) in [4.78, 5) is 29.5. The molecule has 0 radical (unpaired) electrons. The zero-order chi connectivity index (χ0) is 22.4. The fraction of sp³-hybridized carbons (Fsp3) is 0.417. The predicted octanol–water partition coefficient (Wildman–Crippen LogP) is 6.10. The van der Waals surface area contributed by atoms with Crippen LogP contribution in [0.25, 0.3) is 0 Å². The average molecular weight is 461 g/mol. The van der Waals surface area contributed by atoms with E-state index in [4.69, 9.17) is 27.9 Å². The van der Waals surface area contributed by atoms with E-state index in [0.29, 0.717) is 36.0 Å². The molecule has 2 fully saturated rings. The molecule has 0 aromatic heterocycles. The maximum absolute atomic E-state index is 13.5. The number of carbonyl (C=O) groups is 2. The van der Waals surface area contributed by atoms with Crippen molar-refractivity contribution < 1.29 is 14.3 Å². The van der Waals surface area contributed by atoms with Gasteiger partial charge in [0.05, 0.1) is 11.5 Å².